The van der Waals surface area contributed by atoms with Crippen molar-refractivity contribution in [3.05, 3.63) is 35.4 Å². The van der Waals surface area contributed by atoms with Gasteiger partial charge in [0.1, 0.15) is 0 Å². The molecular formula is C16H21F3N2O2. The lowest BCUT2D eigenvalue weighted by molar-refractivity contribution is -0.137. The molecular weight excluding hydrogens is 309 g/mol. The van der Waals surface area contributed by atoms with Crippen LogP contribution in [0.1, 0.15) is 30.9 Å². The number of nitrogens with two attached hydrogens (primary N) is 1. The summed E-state index contributed by atoms with van der Waals surface area (Å²) in [6.07, 6.45) is -3.20. The molecule has 1 aromatic carbocycles. The maximum Gasteiger partial charge on any atom is 0.416 e. The minimum atomic E-state index is -4.38. The lowest BCUT2D eigenvalue weighted by atomic mass is 9.73. The maximum absolute atomic E-state index is 13.0. The van der Waals surface area contributed by atoms with E-state index in [1.54, 1.807) is 13.0 Å². The Hall–Kier alpha value is -1.60. The summed E-state index contributed by atoms with van der Waals surface area (Å²) in [4.78, 5) is 11.2. The van der Waals surface area contributed by atoms with Gasteiger partial charge in [0.05, 0.1) is 11.6 Å². The molecule has 23 heavy (non-hydrogen) atoms. The van der Waals surface area contributed by atoms with Gasteiger partial charge in [-0.15, -0.1) is 0 Å². The van der Waals surface area contributed by atoms with E-state index in [2.05, 4.69) is 5.32 Å². The summed E-state index contributed by atoms with van der Waals surface area (Å²) in [6, 6.07) is 4.85. The van der Waals surface area contributed by atoms with Gasteiger partial charge in [0.15, 0.2) is 0 Å². The second-order valence-electron chi connectivity index (χ2n) is 5.98. The summed E-state index contributed by atoms with van der Waals surface area (Å²) >= 11 is 0. The van der Waals surface area contributed by atoms with Crippen LogP contribution in [-0.2, 0) is 21.1 Å². The van der Waals surface area contributed by atoms with Crippen LogP contribution in [0.4, 0.5) is 13.2 Å². The first-order chi connectivity index (χ1) is 10.7. The van der Waals surface area contributed by atoms with Crippen LogP contribution in [-0.4, -0.2) is 31.7 Å². The normalized spacial score (nSPS) is 19.3. The van der Waals surface area contributed by atoms with Crippen LogP contribution in [0.2, 0.25) is 0 Å². The minimum Gasteiger partial charge on any atom is -0.381 e. The van der Waals surface area contributed by atoms with Crippen molar-refractivity contribution in [3.63, 3.8) is 0 Å². The van der Waals surface area contributed by atoms with Crippen LogP contribution >= 0.6 is 0 Å². The van der Waals surface area contributed by atoms with Crippen molar-refractivity contribution in [3.8, 4) is 0 Å². The van der Waals surface area contributed by atoms with E-state index in [1.165, 1.54) is 12.1 Å². The summed E-state index contributed by atoms with van der Waals surface area (Å²) in [5.41, 5.74) is 4.69. The van der Waals surface area contributed by atoms with Gasteiger partial charge in [0.2, 0.25) is 5.91 Å². The van der Waals surface area contributed by atoms with Crippen molar-refractivity contribution >= 4 is 5.91 Å². The zero-order valence-corrected chi connectivity index (χ0v) is 13.0. The highest BCUT2D eigenvalue weighted by Gasteiger charge is 2.37. The molecule has 1 fully saturated rings. The van der Waals surface area contributed by atoms with Crippen molar-refractivity contribution in [2.45, 2.75) is 37.4 Å². The van der Waals surface area contributed by atoms with Gasteiger partial charge in [-0.3, -0.25) is 4.79 Å². The molecule has 0 spiro atoms. The molecule has 0 radical (unpaired) electrons. The molecule has 1 aromatic rings. The standard InChI is InChI=1S/C16H21F3N2O2/c1-11(14(20)22)21-10-15(5-7-23-8-6-15)12-3-2-4-13(9-12)16(17,18)19/h2-4,9,11,21H,5-8,10H2,1H3,(H2,20,22)/t11-/m1/s1. The first kappa shape index (κ1) is 17.7. The van der Waals surface area contributed by atoms with Gasteiger partial charge in [-0.1, -0.05) is 18.2 Å². The zero-order chi connectivity index (χ0) is 17.1. The van der Waals surface area contributed by atoms with E-state index in [0.717, 1.165) is 6.07 Å². The van der Waals surface area contributed by atoms with Crippen molar-refractivity contribution in [2.24, 2.45) is 5.73 Å². The first-order valence-electron chi connectivity index (χ1n) is 7.53. The Kier molecular flexibility index (Phi) is 5.31. The van der Waals surface area contributed by atoms with Gasteiger partial charge in [0.25, 0.3) is 0 Å². The fraction of sp³-hybridized carbons (Fsp3) is 0.562. The van der Waals surface area contributed by atoms with E-state index in [0.29, 0.717) is 38.2 Å². The molecule has 1 atom stereocenters. The number of alkyl halides is 3. The van der Waals surface area contributed by atoms with Gasteiger partial charge in [-0.2, -0.15) is 13.2 Å². The molecule has 128 valence electrons. The molecule has 0 aliphatic carbocycles. The van der Waals surface area contributed by atoms with Crippen LogP contribution < -0.4 is 11.1 Å². The number of ether oxygens (including phenoxy) is 1. The number of hydrogen-bond acceptors (Lipinski definition) is 3. The average Bonchev–Trinajstić information content (AvgIpc) is 2.52. The number of rotatable bonds is 5. The van der Waals surface area contributed by atoms with E-state index in [-0.39, 0.29) is 0 Å². The minimum absolute atomic E-state index is 0.377. The van der Waals surface area contributed by atoms with E-state index < -0.39 is 29.1 Å². The van der Waals surface area contributed by atoms with Crippen molar-refractivity contribution in [1.82, 2.24) is 5.32 Å². The quantitative estimate of drug-likeness (QED) is 0.870. The molecule has 1 saturated heterocycles. The van der Waals surface area contributed by atoms with E-state index in [9.17, 15) is 18.0 Å². The molecule has 4 nitrogen and oxygen atoms in total. The molecule has 0 saturated carbocycles. The topological polar surface area (TPSA) is 64.3 Å². The molecule has 3 N–H and O–H groups in total. The Morgan fingerprint density at radius 2 is 2.04 bits per heavy atom. The molecule has 2 rings (SSSR count). The van der Waals surface area contributed by atoms with Crippen LogP contribution in [0.5, 0.6) is 0 Å². The smallest absolute Gasteiger partial charge is 0.381 e. The summed E-state index contributed by atoms with van der Waals surface area (Å²) in [7, 11) is 0. The molecule has 0 bridgehead atoms. The van der Waals surface area contributed by atoms with Crippen LogP contribution in [0.15, 0.2) is 24.3 Å². The Balaban J connectivity index is 2.29. The van der Waals surface area contributed by atoms with E-state index >= 15 is 0 Å². The molecule has 0 unspecified atom stereocenters. The van der Waals surface area contributed by atoms with Crippen LogP contribution in [0, 0.1) is 0 Å². The number of carbonyl (C=O) groups excluding carboxylic acids is 1. The van der Waals surface area contributed by atoms with E-state index in [4.69, 9.17) is 10.5 Å². The van der Waals surface area contributed by atoms with Crippen molar-refractivity contribution in [1.29, 1.82) is 0 Å². The monoisotopic (exact) mass is 330 g/mol. The average molecular weight is 330 g/mol. The first-order valence-corrected chi connectivity index (χ1v) is 7.53. The third kappa shape index (κ3) is 4.23. The SMILES string of the molecule is C[C@@H](NCC1(c2cccc(C(F)(F)F)c2)CCOCC1)C(N)=O. The van der Waals surface area contributed by atoms with Crippen molar-refractivity contribution in [2.75, 3.05) is 19.8 Å². The number of benzene rings is 1. The zero-order valence-electron chi connectivity index (χ0n) is 13.0. The fourth-order valence-corrected chi connectivity index (χ4v) is 2.80. The van der Waals surface area contributed by atoms with Gasteiger partial charge in [-0.25, -0.2) is 0 Å². The molecule has 1 aliphatic heterocycles. The fourth-order valence-electron chi connectivity index (χ4n) is 2.80. The predicted molar refractivity (Wildman–Crippen MR) is 79.8 cm³/mol. The number of amides is 1. The Morgan fingerprint density at radius 3 is 2.61 bits per heavy atom. The second-order valence-corrected chi connectivity index (χ2v) is 5.98. The van der Waals surface area contributed by atoms with E-state index in [1.807, 2.05) is 0 Å². The van der Waals surface area contributed by atoms with Crippen molar-refractivity contribution < 1.29 is 22.7 Å². The summed E-state index contributed by atoms with van der Waals surface area (Å²) in [6.45, 7) is 2.97. The highest BCUT2D eigenvalue weighted by atomic mass is 19.4. The number of halogens is 3. The van der Waals surface area contributed by atoms with Gasteiger partial charge >= 0.3 is 6.18 Å². The lowest BCUT2D eigenvalue weighted by Gasteiger charge is -2.39. The number of primary amides is 1. The highest BCUT2D eigenvalue weighted by molar-refractivity contribution is 5.79. The summed E-state index contributed by atoms with van der Waals surface area (Å²) in [5.74, 6) is -0.490. The number of carbonyl (C=O) groups is 1. The van der Waals surface area contributed by atoms with Gasteiger partial charge in [0, 0.05) is 25.2 Å². The Bertz CT molecular complexity index is 555. The lowest BCUT2D eigenvalue weighted by Crippen LogP contribution is -2.48. The largest absolute Gasteiger partial charge is 0.416 e. The Morgan fingerprint density at radius 1 is 1.39 bits per heavy atom. The maximum atomic E-state index is 13.0. The summed E-state index contributed by atoms with van der Waals surface area (Å²) < 4.78 is 44.3. The van der Waals surface area contributed by atoms with Crippen LogP contribution in [0.25, 0.3) is 0 Å². The molecule has 7 heteroatoms. The third-order valence-electron chi connectivity index (χ3n) is 4.43. The Labute approximate surface area is 133 Å². The highest BCUT2D eigenvalue weighted by Crippen LogP contribution is 2.37. The summed E-state index contributed by atoms with van der Waals surface area (Å²) in [5, 5.41) is 3.04. The molecule has 1 heterocycles. The van der Waals surface area contributed by atoms with Gasteiger partial charge in [-0.05, 0) is 31.4 Å². The molecule has 1 amide bonds. The van der Waals surface area contributed by atoms with Crippen LogP contribution in [0.3, 0.4) is 0 Å². The second kappa shape index (κ2) is 6.88. The third-order valence-corrected chi connectivity index (χ3v) is 4.43. The molecule has 0 aromatic heterocycles. The molecule has 1 aliphatic rings. The predicted octanol–water partition coefficient (Wildman–Crippen LogP) is 2.22. The van der Waals surface area contributed by atoms with Gasteiger partial charge < -0.3 is 15.8 Å². The number of hydrogen-bond donors (Lipinski definition) is 2. The number of nitrogens with one attached hydrogen (secondary N) is 1.